The van der Waals surface area contributed by atoms with E-state index in [-0.39, 0.29) is 53.5 Å². The van der Waals surface area contributed by atoms with Gasteiger partial charge in [-0.05, 0) is 91.5 Å². The molecule has 0 saturated heterocycles. The van der Waals surface area contributed by atoms with E-state index in [2.05, 4.69) is 41.2 Å². The molecule has 8 bridgehead atoms. The summed E-state index contributed by atoms with van der Waals surface area (Å²) in [6, 6.07) is 0. The Bertz CT molecular complexity index is 1870. The molecule has 6 rings (SSSR count). The maximum Gasteiger partial charge on any atom is 2.00 e. The summed E-state index contributed by atoms with van der Waals surface area (Å²) in [7, 11) is 0. The molecule has 0 saturated carbocycles. The molecule has 1 aliphatic carbocycles. The fraction of sp³-hybridized carbons (Fsp3) is 0.389. The van der Waals surface area contributed by atoms with Gasteiger partial charge < -0.3 is 20.0 Å². The van der Waals surface area contributed by atoms with E-state index in [0.29, 0.717) is 29.3 Å². The van der Waals surface area contributed by atoms with Gasteiger partial charge in [-0.25, -0.2) is 9.98 Å². The van der Waals surface area contributed by atoms with Crippen LogP contribution in [0.15, 0.2) is 79.2 Å². The molecule has 1 aromatic heterocycles. The smallest absolute Gasteiger partial charge is 0.875 e. The number of carboxylic acid groups (broad SMARTS) is 1. The van der Waals surface area contributed by atoms with Crippen molar-refractivity contribution in [3.63, 3.8) is 0 Å². The number of carbonyl (C=O) groups is 1. The maximum atomic E-state index is 13.6. The minimum absolute atomic E-state index is 0. The molecular weight excluding hydrogens is 561 g/mol. The Labute approximate surface area is 274 Å². The quantitative estimate of drug-likeness (QED) is 0.450. The van der Waals surface area contributed by atoms with Crippen LogP contribution >= 0.6 is 0 Å². The first-order chi connectivity index (χ1) is 20.5. The molecule has 2 atom stereocenters. The van der Waals surface area contributed by atoms with Crippen molar-refractivity contribution < 1.29 is 15.0 Å². The topological polar surface area (TPSA) is 114 Å². The number of rotatable bonds is 7. The van der Waals surface area contributed by atoms with Gasteiger partial charge in [0.2, 0.25) is 0 Å². The third-order valence-corrected chi connectivity index (χ3v) is 9.32. The first kappa shape index (κ1) is 31.9. The Morgan fingerprint density at radius 3 is 2.48 bits per heavy atom. The zero-order valence-electron chi connectivity index (χ0n) is 26.5. The zero-order valence-corrected chi connectivity index (χ0v) is 27.9. The molecule has 222 valence electrons. The Kier molecular flexibility index (Phi) is 8.80. The predicted molar refractivity (Wildman–Crippen MR) is 174 cm³/mol. The number of hydrogen-bond donors (Lipinski definition) is 0. The van der Waals surface area contributed by atoms with Crippen LogP contribution in [-0.4, -0.2) is 46.2 Å². The molecule has 5 heterocycles. The molecule has 0 fully saturated rings. The Morgan fingerprint density at radius 1 is 1.11 bits per heavy atom. The van der Waals surface area contributed by atoms with E-state index in [0.717, 1.165) is 74.2 Å². The van der Waals surface area contributed by atoms with Crippen LogP contribution in [-0.2, 0) is 11.2 Å². The molecule has 8 heteroatoms. The molecule has 1 aromatic rings. The number of hydrogen-bond acceptors (Lipinski definition) is 6. The van der Waals surface area contributed by atoms with Crippen LogP contribution < -0.4 is 25.8 Å². The van der Waals surface area contributed by atoms with Crippen molar-refractivity contribution in [1.82, 2.24) is 4.98 Å². The number of fused-ring (bicyclic) bond motifs is 5. The average molecular weight is 598 g/mol. The van der Waals surface area contributed by atoms with E-state index in [1.54, 1.807) is 0 Å². The van der Waals surface area contributed by atoms with E-state index in [4.69, 9.17) is 20.0 Å². The van der Waals surface area contributed by atoms with Crippen molar-refractivity contribution in [2.75, 3.05) is 0 Å². The normalized spacial score (nSPS) is 22.2. The molecule has 0 aromatic carbocycles. The molecule has 0 unspecified atom stereocenters. The van der Waals surface area contributed by atoms with Crippen molar-refractivity contribution in [2.24, 2.45) is 32.7 Å². The summed E-state index contributed by atoms with van der Waals surface area (Å²) in [5.41, 5.74) is 11.7. The second kappa shape index (κ2) is 12.1. The Morgan fingerprint density at radius 2 is 1.82 bits per heavy atom. The van der Waals surface area contributed by atoms with Gasteiger partial charge in [0, 0.05) is 34.8 Å². The number of aliphatic carboxylic acids is 1. The fourth-order valence-corrected chi connectivity index (χ4v) is 7.00. The summed E-state index contributed by atoms with van der Waals surface area (Å²) < 4.78 is 0. The van der Waals surface area contributed by atoms with Crippen LogP contribution in [0, 0.1) is 17.8 Å². The summed E-state index contributed by atoms with van der Waals surface area (Å²) in [6.45, 7) is 16.7. The molecule has 44 heavy (non-hydrogen) atoms. The van der Waals surface area contributed by atoms with Gasteiger partial charge in [-0.1, -0.05) is 52.0 Å². The molecule has 5 aliphatic rings. The van der Waals surface area contributed by atoms with Crippen molar-refractivity contribution in [3.05, 3.63) is 86.0 Å². The van der Waals surface area contributed by atoms with Crippen molar-refractivity contribution in [2.45, 2.75) is 73.6 Å². The number of aliphatic imine (C=N–C) groups is 3. The van der Waals surface area contributed by atoms with E-state index < -0.39 is 5.97 Å². The van der Waals surface area contributed by atoms with Gasteiger partial charge in [-0.15, -0.1) is 16.8 Å². The number of allylic oxidation sites excluding steroid dienone is 7. The summed E-state index contributed by atoms with van der Waals surface area (Å²) >= 11 is 0. The predicted octanol–water partition coefficient (Wildman–Crippen LogP) is 2.98. The maximum absolute atomic E-state index is 13.6. The molecule has 0 N–H and O–H groups in total. The number of carbonyl (C=O) groups excluding carboxylic acids is 1. The first-order valence-electron chi connectivity index (χ1n) is 15.3. The molecule has 0 amide bonds. The molecule has 0 radical (unpaired) electrons. The van der Waals surface area contributed by atoms with E-state index in [9.17, 15) is 15.0 Å². The van der Waals surface area contributed by atoms with E-state index in [1.165, 1.54) is 5.57 Å². The standard InChI is InChI=1S/C36H40N4O3.Mg/c1-8-21-18(5)26-14-28-19(6)23(10-11-33(42)43)35(39-28)25-13-32(41)34-22(9-2)30(40-36(25)34)16-31-24(12-17(3)4)20(7)27(38-31)15-29(21)37-26;/h8,14-17,19,23H,1,9-13H2,2-7H3,(H3,37,38,39,40,41,42,43);/q;+2/p-3/t19-,23-;/m0./s1. The number of nitrogens with zero attached hydrogens (tertiary/aromatic N) is 4. The van der Waals surface area contributed by atoms with E-state index >= 15 is 0 Å². The minimum atomic E-state index is -1.09. The molecular formula is C36H37MgN4O3-. The van der Waals surface area contributed by atoms with Crippen molar-refractivity contribution in [3.8, 4) is 0 Å². The Balaban J connectivity index is 0.00000384. The van der Waals surface area contributed by atoms with Crippen LogP contribution in [0.1, 0.15) is 78.5 Å². The SMILES string of the molecule is C=CC1=C(C)C2=NC1=CC1=NC(=Cc3[n-]c4c(c3CC)=C([O-])CC=4C3=NC(=C2)[C@@H](C)[C@@H]3CCC(=O)[O-])C(CC(C)C)=C1C.[Mg+2]. The van der Waals surface area contributed by atoms with Gasteiger partial charge in [-0.2, -0.15) is 0 Å². The molecule has 7 nitrogen and oxygen atoms in total. The van der Waals surface area contributed by atoms with E-state index in [1.807, 2.05) is 31.2 Å². The summed E-state index contributed by atoms with van der Waals surface area (Å²) in [5.74, 6) is -0.874. The number of aromatic nitrogens is 1. The van der Waals surface area contributed by atoms with Gasteiger partial charge in [0.1, 0.15) is 0 Å². The van der Waals surface area contributed by atoms with Gasteiger partial charge in [0.05, 0.1) is 22.8 Å². The average Bonchev–Trinajstić information content (AvgIpc) is 3.70. The summed E-state index contributed by atoms with van der Waals surface area (Å²) in [5, 5.41) is 26.5. The third kappa shape index (κ3) is 5.26. The van der Waals surface area contributed by atoms with Gasteiger partial charge >= 0.3 is 23.1 Å². The van der Waals surface area contributed by atoms with Gasteiger partial charge in [0.15, 0.2) is 0 Å². The minimum Gasteiger partial charge on any atom is -0.875 e. The second-order valence-electron chi connectivity index (χ2n) is 12.5. The van der Waals surface area contributed by atoms with Crippen molar-refractivity contribution >= 4 is 63.6 Å². The zero-order chi connectivity index (χ0) is 30.7. The number of carboxylic acids is 1. The fourth-order valence-electron chi connectivity index (χ4n) is 7.00. The van der Waals surface area contributed by atoms with Crippen molar-refractivity contribution in [1.29, 1.82) is 0 Å². The van der Waals surface area contributed by atoms with Crippen LogP contribution in [0.25, 0.3) is 17.4 Å². The van der Waals surface area contributed by atoms with Gasteiger partial charge in [-0.3, -0.25) is 4.99 Å². The van der Waals surface area contributed by atoms with Gasteiger partial charge in [0.25, 0.3) is 0 Å². The first-order valence-corrected chi connectivity index (χ1v) is 15.3. The second-order valence-corrected chi connectivity index (χ2v) is 12.5. The van der Waals surface area contributed by atoms with Crippen LogP contribution in [0.3, 0.4) is 0 Å². The summed E-state index contributed by atoms with van der Waals surface area (Å²) in [4.78, 5) is 31.9. The van der Waals surface area contributed by atoms with Crippen LogP contribution in [0.2, 0.25) is 0 Å². The monoisotopic (exact) mass is 597 g/mol. The third-order valence-electron chi connectivity index (χ3n) is 9.32. The molecule has 0 spiro atoms. The van der Waals surface area contributed by atoms with Crippen LogP contribution in [0.5, 0.6) is 0 Å². The summed E-state index contributed by atoms with van der Waals surface area (Å²) in [6.07, 6.45) is 9.95. The largest absolute Gasteiger partial charge is 2.00 e. The molecule has 4 aliphatic heterocycles. The Hall–Kier alpha value is -3.49. The van der Waals surface area contributed by atoms with Crippen LogP contribution in [0.4, 0.5) is 0 Å².